The Kier molecular flexibility index (Phi) is 8.94. The summed E-state index contributed by atoms with van der Waals surface area (Å²) in [7, 11) is -5.05. The number of Topliss-reactive ketones (excluding diaryl/α,β-unsaturated/α-hetero) is 1. The Labute approximate surface area is 261 Å². The molecule has 4 heteroatoms. The molecule has 44 heavy (non-hydrogen) atoms. The Morgan fingerprint density at radius 1 is 0.432 bits per heavy atom. The van der Waals surface area contributed by atoms with Crippen LogP contribution in [0.15, 0.2) is 194 Å². The summed E-state index contributed by atoms with van der Waals surface area (Å²) in [5, 5.41) is 18.5. The van der Waals surface area contributed by atoms with Gasteiger partial charge >= 0.3 is 0 Å². The molecule has 0 unspecified atom stereocenters. The number of carbonyl (C=O) groups excluding carboxylic acids is 1. The first-order valence-electron chi connectivity index (χ1n) is 14.7. The Bertz CT molecular complexity index is 1630. The predicted octanol–water partition coefficient (Wildman–Crippen LogP) is 6.94. The van der Waals surface area contributed by atoms with Crippen LogP contribution in [0.1, 0.15) is 0 Å². The first-order chi connectivity index (χ1) is 21.6. The van der Waals surface area contributed by atoms with Crippen molar-refractivity contribution in [3.05, 3.63) is 194 Å². The molecule has 6 aromatic carbocycles. The minimum atomic E-state index is -2.57. The fourth-order valence-electron chi connectivity index (χ4n) is 5.98. The zero-order valence-corrected chi connectivity index (χ0v) is 26.1. The first kappa shape index (κ1) is 29.5. The Morgan fingerprint density at radius 2 is 0.682 bits per heavy atom. The van der Waals surface area contributed by atoms with Crippen LogP contribution in [0.5, 0.6) is 0 Å². The molecule has 0 aliphatic carbocycles. The molecule has 214 valence electrons. The van der Waals surface area contributed by atoms with E-state index in [9.17, 15) is 9.90 Å². The molecule has 6 rings (SSSR count). The average molecular weight is 609 g/mol. The Hall–Kier alpha value is -4.61. The number of aliphatic hydroxyl groups excluding tert-OH is 1. The smallest absolute Gasteiger partial charge is 0.238 e. The Balaban J connectivity index is 1.56. The van der Waals surface area contributed by atoms with E-state index in [0.717, 1.165) is 31.8 Å². The van der Waals surface area contributed by atoms with E-state index < -0.39 is 14.5 Å². The summed E-state index contributed by atoms with van der Waals surface area (Å²) >= 11 is 0. The maximum absolute atomic E-state index is 14.6. The number of allylic oxidation sites excluding steroid dienone is 1. The summed E-state index contributed by atoms with van der Waals surface area (Å²) in [5.41, 5.74) is 0. The van der Waals surface area contributed by atoms with Gasteiger partial charge in [0.15, 0.2) is 5.76 Å². The zero-order valence-electron chi connectivity index (χ0n) is 24.4. The molecule has 0 atom stereocenters. The molecular formula is C40H34O2P2+2. The van der Waals surface area contributed by atoms with Gasteiger partial charge in [0.05, 0.1) is 0 Å². The van der Waals surface area contributed by atoms with E-state index in [1.165, 1.54) is 0 Å². The van der Waals surface area contributed by atoms with Crippen molar-refractivity contribution in [1.29, 1.82) is 0 Å². The van der Waals surface area contributed by atoms with Crippen LogP contribution in [0.25, 0.3) is 0 Å². The monoisotopic (exact) mass is 608 g/mol. The van der Waals surface area contributed by atoms with Crippen LogP contribution >= 0.6 is 14.5 Å². The Morgan fingerprint density at radius 3 is 0.955 bits per heavy atom. The minimum absolute atomic E-state index is 0.172. The van der Waals surface area contributed by atoms with E-state index in [4.69, 9.17) is 0 Å². The van der Waals surface area contributed by atoms with Crippen LogP contribution in [-0.2, 0) is 4.79 Å². The SMILES string of the molecule is O=C(C[P+](c1ccccc1)(c1ccccc1)c1ccccc1)/C(O)=C/[P+](c1ccccc1)(c1ccccc1)c1ccccc1. The molecule has 6 aromatic rings. The molecule has 0 aliphatic rings. The second kappa shape index (κ2) is 13.4. The van der Waals surface area contributed by atoms with Gasteiger partial charge in [-0.1, -0.05) is 109 Å². The molecular weight excluding hydrogens is 574 g/mol. The van der Waals surface area contributed by atoms with Crippen molar-refractivity contribution in [3.63, 3.8) is 0 Å². The second-order valence-corrected chi connectivity index (χ2v) is 17.4. The van der Waals surface area contributed by atoms with Gasteiger partial charge in [-0.05, 0) is 72.8 Å². The van der Waals surface area contributed by atoms with Crippen LogP contribution in [0.2, 0.25) is 0 Å². The van der Waals surface area contributed by atoms with Crippen molar-refractivity contribution in [3.8, 4) is 0 Å². The van der Waals surface area contributed by atoms with Gasteiger partial charge in [0.25, 0.3) is 0 Å². The number of rotatable bonds is 10. The fourth-order valence-corrected chi connectivity index (χ4v) is 13.8. The van der Waals surface area contributed by atoms with Crippen molar-refractivity contribution in [2.24, 2.45) is 0 Å². The van der Waals surface area contributed by atoms with Gasteiger partial charge in [0, 0.05) is 0 Å². The number of ketones is 1. The van der Waals surface area contributed by atoms with Crippen molar-refractivity contribution in [2.45, 2.75) is 0 Å². The largest absolute Gasteiger partial charge is 0.502 e. The molecule has 0 amide bonds. The van der Waals surface area contributed by atoms with Crippen molar-refractivity contribution in [1.82, 2.24) is 0 Å². The van der Waals surface area contributed by atoms with Crippen LogP contribution in [-0.4, -0.2) is 17.1 Å². The molecule has 1 N–H and O–H groups in total. The van der Waals surface area contributed by atoms with Gasteiger partial charge in [-0.25, -0.2) is 0 Å². The van der Waals surface area contributed by atoms with Crippen molar-refractivity contribution >= 4 is 52.1 Å². The van der Waals surface area contributed by atoms with E-state index in [1.807, 2.05) is 115 Å². The molecule has 0 heterocycles. The molecule has 0 bridgehead atoms. The maximum atomic E-state index is 14.6. The third-order valence-corrected chi connectivity index (χ3v) is 16.3. The van der Waals surface area contributed by atoms with E-state index in [0.29, 0.717) is 0 Å². The predicted molar refractivity (Wildman–Crippen MR) is 191 cm³/mol. The normalized spacial score (nSPS) is 12.0. The quantitative estimate of drug-likeness (QED) is 0.104. The lowest BCUT2D eigenvalue weighted by Crippen LogP contribution is -2.36. The summed E-state index contributed by atoms with van der Waals surface area (Å²) in [6.45, 7) is 0. The van der Waals surface area contributed by atoms with E-state index in [2.05, 4.69) is 72.8 Å². The van der Waals surface area contributed by atoms with E-state index in [-0.39, 0.29) is 17.7 Å². The molecule has 0 aliphatic heterocycles. The second-order valence-electron chi connectivity index (χ2n) is 10.6. The van der Waals surface area contributed by atoms with Crippen LogP contribution in [0.3, 0.4) is 0 Å². The lowest BCUT2D eigenvalue weighted by Gasteiger charge is -2.27. The summed E-state index contributed by atoms with van der Waals surface area (Å²) in [5.74, 6) is 1.43. The lowest BCUT2D eigenvalue weighted by molar-refractivity contribution is -0.115. The highest BCUT2D eigenvalue weighted by Crippen LogP contribution is 2.59. The molecule has 0 saturated heterocycles. The third kappa shape index (κ3) is 5.68. The van der Waals surface area contributed by atoms with Gasteiger partial charge in [0.2, 0.25) is 5.78 Å². The number of carbonyl (C=O) groups is 1. The molecule has 0 aromatic heterocycles. The van der Waals surface area contributed by atoms with Crippen LogP contribution in [0, 0.1) is 0 Å². The highest BCUT2D eigenvalue weighted by Gasteiger charge is 2.50. The molecule has 0 fully saturated rings. The molecule has 2 nitrogen and oxygen atoms in total. The van der Waals surface area contributed by atoms with Gasteiger partial charge in [-0.15, -0.1) is 0 Å². The van der Waals surface area contributed by atoms with Gasteiger partial charge in [0.1, 0.15) is 58.3 Å². The third-order valence-electron chi connectivity index (χ3n) is 8.06. The number of benzene rings is 6. The maximum Gasteiger partial charge on any atom is 0.238 e. The van der Waals surface area contributed by atoms with Gasteiger partial charge in [-0.2, -0.15) is 0 Å². The van der Waals surface area contributed by atoms with Gasteiger partial charge in [-0.3, -0.25) is 4.79 Å². The average Bonchev–Trinajstić information content (AvgIpc) is 3.11. The van der Waals surface area contributed by atoms with Crippen molar-refractivity contribution < 1.29 is 9.90 Å². The van der Waals surface area contributed by atoms with Crippen molar-refractivity contribution in [2.75, 3.05) is 6.16 Å². The topological polar surface area (TPSA) is 37.3 Å². The highest BCUT2D eigenvalue weighted by atomic mass is 31.2. The highest BCUT2D eigenvalue weighted by molar-refractivity contribution is 7.98. The standard InChI is InChI=1S/C40H33O2P2/c41-39(31-43(33-19-7-1-8-20-33,34-21-9-2-10-22-34)35-23-11-3-12-24-35)40(42)32-44(36-25-13-4-14-26-36,37-27-15-5-16-28-37)38-29-17-6-18-30-38/h1-31H,32H2/q+1/p+1/b39-31-. The molecule has 0 radical (unpaired) electrons. The zero-order chi connectivity index (χ0) is 30.2. The minimum Gasteiger partial charge on any atom is -0.502 e. The summed E-state index contributed by atoms with van der Waals surface area (Å²) in [6, 6.07) is 61.8. The fraction of sp³-hybridized carbons (Fsp3) is 0.0250. The van der Waals surface area contributed by atoms with Crippen LogP contribution < -0.4 is 31.8 Å². The summed E-state index contributed by atoms with van der Waals surface area (Å²) in [4.78, 5) is 14.6. The number of aliphatic hydroxyl groups is 1. The molecule has 0 spiro atoms. The number of hydrogen-bond donors (Lipinski definition) is 1. The van der Waals surface area contributed by atoms with Gasteiger partial charge < -0.3 is 5.11 Å². The van der Waals surface area contributed by atoms with E-state index >= 15 is 0 Å². The van der Waals surface area contributed by atoms with E-state index in [1.54, 1.807) is 0 Å². The number of hydrogen-bond acceptors (Lipinski definition) is 2. The summed E-state index contributed by atoms with van der Waals surface area (Å²) < 4.78 is 0. The van der Waals surface area contributed by atoms with Crippen LogP contribution in [0.4, 0.5) is 0 Å². The summed E-state index contributed by atoms with van der Waals surface area (Å²) in [6.07, 6.45) is 0.172. The lowest BCUT2D eigenvalue weighted by atomic mass is 10.3. The molecule has 0 saturated carbocycles. The first-order valence-corrected chi connectivity index (χ1v) is 18.5.